The van der Waals surface area contributed by atoms with Gasteiger partial charge in [-0.2, -0.15) is 0 Å². The number of nitrogens with zero attached hydrogens (tertiary/aromatic N) is 1. The van der Waals surface area contributed by atoms with Crippen molar-refractivity contribution in [2.75, 3.05) is 6.54 Å². The number of carboxylic acids is 1. The Labute approximate surface area is 120 Å². The highest BCUT2D eigenvalue weighted by atomic mass is 16.4. The van der Waals surface area contributed by atoms with Gasteiger partial charge in [-0.05, 0) is 25.0 Å². The van der Waals surface area contributed by atoms with Crippen molar-refractivity contribution in [3.05, 3.63) is 42.4 Å². The Morgan fingerprint density at radius 3 is 2.52 bits per heavy atom. The van der Waals surface area contributed by atoms with Crippen LogP contribution < -0.4 is 5.32 Å². The highest BCUT2D eigenvalue weighted by Crippen LogP contribution is 2.45. The molecule has 1 aromatic carbocycles. The minimum Gasteiger partial charge on any atom is -0.481 e. The summed E-state index contributed by atoms with van der Waals surface area (Å²) in [6.07, 6.45) is 4.18. The lowest BCUT2D eigenvalue weighted by Gasteiger charge is -2.11. The van der Waals surface area contributed by atoms with Crippen molar-refractivity contribution in [2.24, 2.45) is 5.41 Å². The standard InChI is InChI=1S/C15H14N2O4/c18-13(17-8-15(5-6-15)14(19)20)11-3-1-10(2-4-11)12-7-16-9-21-12/h1-4,7,9H,5-6,8H2,(H,17,18)(H,19,20). The van der Waals surface area contributed by atoms with Crippen LogP contribution in [0.4, 0.5) is 0 Å². The van der Waals surface area contributed by atoms with Crippen LogP contribution in [0.25, 0.3) is 11.3 Å². The van der Waals surface area contributed by atoms with Gasteiger partial charge in [0.05, 0.1) is 11.6 Å². The van der Waals surface area contributed by atoms with Crippen molar-refractivity contribution in [3.63, 3.8) is 0 Å². The van der Waals surface area contributed by atoms with E-state index in [9.17, 15) is 9.59 Å². The molecule has 1 fully saturated rings. The Morgan fingerprint density at radius 2 is 2.00 bits per heavy atom. The summed E-state index contributed by atoms with van der Waals surface area (Å²) in [4.78, 5) is 26.9. The van der Waals surface area contributed by atoms with E-state index < -0.39 is 11.4 Å². The average molecular weight is 286 g/mol. The Balaban J connectivity index is 1.64. The van der Waals surface area contributed by atoms with Gasteiger partial charge in [0.25, 0.3) is 5.91 Å². The second-order valence-electron chi connectivity index (χ2n) is 5.21. The molecule has 1 amide bonds. The zero-order valence-corrected chi connectivity index (χ0v) is 11.2. The molecule has 0 unspecified atom stereocenters. The SMILES string of the molecule is O=C(NCC1(C(=O)O)CC1)c1ccc(-c2cnco2)cc1. The number of benzene rings is 1. The van der Waals surface area contributed by atoms with Crippen molar-refractivity contribution in [1.82, 2.24) is 10.3 Å². The van der Waals surface area contributed by atoms with Gasteiger partial charge < -0.3 is 14.8 Å². The molecule has 1 aliphatic rings. The van der Waals surface area contributed by atoms with E-state index in [4.69, 9.17) is 9.52 Å². The second-order valence-corrected chi connectivity index (χ2v) is 5.21. The Bertz CT molecular complexity index is 657. The first-order chi connectivity index (χ1) is 10.1. The molecule has 0 saturated heterocycles. The number of rotatable bonds is 5. The summed E-state index contributed by atoms with van der Waals surface area (Å²) in [6.45, 7) is 0.172. The molecule has 0 aliphatic heterocycles. The normalized spacial score (nSPS) is 15.4. The third-order valence-corrected chi connectivity index (χ3v) is 3.76. The number of carbonyl (C=O) groups excluding carboxylic acids is 1. The molecular formula is C15H14N2O4. The summed E-state index contributed by atoms with van der Waals surface area (Å²) in [6, 6.07) is 6.88. The monoisotopic (exact) mass is 286 g/mol. The lowest BCUT2D eigenvalue weighted by molar-refractivity contribution is -0.143. The Morgan fingerprint density at radius 1 is 1.29 bits per heavy atom. The van der Waals surface area contributed by atoms with Crippen LogP contribution in [0, 0.1) is 5.41 Å². The van der Waals surface area contributed by atoms with Crippen LogP contribution in [0.2, 0.25) is 0 Å². The summed E-state index contributed by atoms with van der Waals surface area (Å²) >= 11 is 0. The molecule has 3 rings (SSSR count). The number of carboxylic acid groups (broad SMARTS) is 1. The van der Waals surface area contributed by atoms with E-state index in [0.717, 1.165) is 5.56 Å². The number of amides is 1. The summed E-state index contributed by atoms with van der Waals surface area (Å²) in [5.41, 5.74) is 0.558. The van der Waals surface area contributed by atoms with Crippen LogP contribution in [0.1, 0.15) is 23.2 Å². The first-order valence-corrected chi connectivity index (χ1v) is 6.61. The van der Waals surface area contributed by atoms with E-state index in [1.54, 1.807) is 30.5 Å². The molecule has 108 valence electrons. The number of carbonyl (C=O) groups is 2. The number of hydrogen-bond donors (Lipinski definition) is 2. The van der Waals surface area contributed by atoms with Crippen LogP contribution in [0.3, 0.4) is 0 Å². The van der Waals surface area contributed by atoms with Crippen molar-refractivity contribution >= 4 is 11.9 Å². The molecular weight excluding hydrogens is 272 g/mol. The topological polar surface area (TPSA) is 92.4 Å². The number of aromatic nitrogens is 1. The predicted molar refractivity (Wildman–Crippen MR) is 73.6 cm³/mol. The first-order valence-electron chi connectivity index (χ1n) is 6.61. The molecule has 1 aromatic heterocycles. The molecule has 6 heteroatoms. The molecule has 21 heavy (non-hydrogen) atoms. The second kappa shape index (κ2) is 5.05. The van der Waals surface area contributed by atoms with E-state index in [0.29, 0.717) is 24.2 Å². The van der Waals surface area contributed by atoms with E-state index in [1.807, 2.05) is 0 Å². The van der Waals surface area contributed by atoms with Crippen molar-refractivity contribution in [3.8, 4) is 11.3 Å². The fourth-order valence-electron chi connectivity index (χ4n) is 2.11. The number of oxazole rings is 1. The molecule has 0 atom stereocenters. The number of aliphatic carboxylic acids is 1. The van der Waals surface area contributed by atoms with Gasteiger partial charge in [-0.1, -0.05) is 12.1 Å². The zero-order valence-electron chi connectivity index (χ0n) is 11.2. The van der Waals surface area contributed by atoms with E-state index in [2.05, 4.69) is 10.3 Å². The Kier molecular flexibility index (Phi) is 3.21. The van der Waals surface area contributed by atoms with Gasteiger partial charge >= 0.3 is 5.97 Å². The van der Waals surface area contributed by atoms with Gasteiger partial charge in [0, 0.05) is 17.7 Å². The lowest BCUT2D eigenvalue weighted by atomic mass is 10.1. The van der Waals surface area contributed by atoms with Gasteiger partial charge in [-0.25, -0.2) is 4.98 Å². The summed E-state index contributed by atoms with van der Waals surface area (Å²) in [5.74, 6) is -0.486. The van der Waals surface area contributed by atoms with Crippen LogP contribution in [0.15, 0.2) is 41.3 Å². The Hall–Kier alpha value is -2.63. The molecule has 1 aliphatic carbocycles. The largest absolute Gasteiger partial charge is 0.481 e. The molecule has 0 bridgehead atoms. The number of hydrogen-bond acceptors (Lipinski definition) is 4. The van der Waals surface area contributed by atoms with Crippen LogP contribution in [-0.2, 0) is 4.79 Å². The van der Waals surface area contributed by atoms with E-state index in [-0.39, 0.29) is 12.5 Å². The van der Waals surface area contributed by atoms with Crippen molar-refractivity contribution in [2.45, 2.75) is 12.8 Å². The summed E-state index contributed by atoms with van der Waals surface area (Å²) < 4.78 is 5.17. The quantitative estimate of drug-likeness (QED) is 0.876. The summed E-state index contributed by atoms with van der Waals surface area (Å²) in [5, 5.41) is 11.7. The molecule has 2 N–H and O–H groups in total. The fourth-order valence-corrected chi connectivity index (χ4v) is 2.11. The predicted octanol–water partition coefficient (Wildman–Crippen LogP) is 1.94. The van der Waals surface area contributed by atoms with Crippen molar-refractivity contribution in [1.29, 1.82) is 0 Å². The lowest BCUT2D eigenvalue weighted by Crippen LogP contribution is -2.34. The van der Waals surface area contributed by atoms with Crippen LogP contribution in [0.5, 0.6) is 0 Å². The maximum Gasteiger partial charge on any atom is 0.311 e. The molecule has 0 radical (unpaired) electrons. The van der Waals surface area contributed by atoms with Crippen LogP contribution in [-0.4, -0.2) is 28.5 Å². The first kappa shape index (κ1) is 13.4. The van der Waals surface area contributed by atoms with Crippen LogP contribution >= 0.6 is 0 Å². The fraction of sp³-hybridized carbons (Fsp3) is 0.267. The van der Waals surface area contributed by atoms with Gasteiger partial charge in [-0.15, -0.1) is 0 Å². The maximum atomic E-state index is 12.0. The maximum absolute atomic E-state index is 12.0. The van der Waals surface area contributed by atoms with Gasteiger partial charge in [0.1, 0.15) is 0 Å². The highest BCUT2D eigenvalue weighted by molar-refractivity contribution is 5.95. The minimum atomic E-state index is -0.844. The molecule has 2 aromatic rings. The molecule has 1 heterocycles. The van der Waals surface area contributed by atoms with Gasteiger partial charge in [0.2, 0.25) is 0 Å². The summed E-state index contributed by atoms with van der Waals surface area (Å²) in [7, 11) is 0. The third kappa shape index (κ3) is 2.65. The molecule has 1 saturated carbocycles. The average Bonchev–Trinajstić information content (AvgIpc) is 3.10. The third-order valence-electron chi connectivity index (χ3n) is 3.76. The molecule has 0 spiro atoms. The number of nitrogens with one attached hydrogen (secondary N) is 1. The van der Waals surface area contributed by atoms with E-state index in [1.165, 1.54) is 6.39 Å². The van der Waals surface area contributed by atoms with Gasteiger partial charge in [0.15, 0.2) is 12.2 Å². The van der Waals surface area contributed by atoms with Crippen molar-refractivity contribution < 1.29 is 19.1 Å². The zero-order chi connectivity index (χ0) is 14.9. The van der Waals surface area contributed by atoms with E-state index >= 15 is 0 Å². The molecule has 6 nitrogen and oxygen atoms in total. The van der Waals surface area contributed by atoms with Gasteiger partial charge in [-0.3, -0.25) is 9.59 Å². The highest BCUT2D eigenvalue weighted by Gasteiger charge is 2.50. The minimum absolute atomic E-state index is 0.172. The smallest absolute Gasteiger partial charge is 0.311 e.